The van der Waals surface area contributed by atoms with E-state index in [1.165, 1.54) is 6.07 Å². The molecule has 4 nitrogen and oxygen atoms in total. The average Bonchev–Trinajstić information content (AvgIpc) is 3.24. The number of rotatable bonds is 3. The molecule has 26 heavy (non-hydrogen) atoms. The van der Waals surface area contributed by atoms with E-state index in [-0.39, 0.29) is 18.5 Å². The Morgan fingerprint density at radius 2 is 2.00 bits per heavy atom. The smallest absolute Gasteiger partial charge is 0.376 e. The van der Waals surface area contributed by atoms with Gasteiger partial charge in [0.25, 0.3) is 0 Å². The second kappa shape index (κ2) is 7.25. The molecule has 1 aliphatic heterocycles. The Morgan fingerprint density at radius 1 is 1.15 bits per heavy atom. The van der Waals surface area contributed by atoms with E-state index in [4.69, 9.17) is 4.74 Å². The molecule has 138 valence electrons. The molecular formula is C18H17ClF3N3O. The summed E-state index contributed by atoms with van der Waals surface area (Å²) in [5.74, 6) is 0. The quantitative estimate of drug-likeness (QED) is 0.657. The molecule has 1 unspecified atom stereocenters. The van der Waals surface area contributed by atoms with Gasteiger partial charge in [-0.25, -0.2) is 0 Å². The number of ether oxygens (including phenoxy) is 1. The largest absolute Gasteiger partial charge is 0.416 e. The molecule has 0 radical (unpaired) electrons. The Kier molecular flexibility index (Phi) is 5.20. The normalized spacial score (nSPS) is 17.4. The van der Waals surface area contributed by atoms with Gasteiger partial charge in [0, 0.05) is 18.4 Å². The van der Waals surface area contributed by atoms with Crippen LogP contribution in [0.2, 0.25) is 0 Å². The summed E-state index contributed by atoms with van der Waals surface area (Å²) in [6, 6.07) is 7.10. The first kappa shape index (κ1) is 18.7. The third kappa shape index (κ3) is 3.68. The molecule has 0 amide bonds. The first-order valence-electron chi connectivity index (χ1n) is 8.11. The predicted molar refractivity (Wildman–Crippen MR) is 94.2 cm³/mol. The number of nitrogens with zero attached hydrogens (tertiary/aromatic N) is 3. The van der Waals surface area contributed by atoms with Crippen molar-refractivity contribution >= 4 is 23.4 Å². The van der Waals surface area contributed by atoms with E-state index in [0.29, 0.717) is 23.2 Å². The maximum Gasteiger partial charge on any atom is 0.416 e. The lowest BCUT2D eigenvalue weighted by Gasteiger charge is -2.11. The van der Waals surface area contributed by atoms with Gasteiger partial charge in [-0.3, -0.25) is 9.67 Å². The number of pyridine rings is 1. The summed E-state index contributed by atoms with van der Waals surface area (Å²) in [5, 5.41) is 4.34. The van der Waals surface area contributed by atoms with Crippen LogP contribution in [0.1, 0.15) is 18.4 Å². The molecule has 0 saturated carbocycles. The van der Waals surface area contributed by atoms with Crippen LogP contribution in [0.15, 0.2) is 42.7 Å². The summed E-state index contributed by atoms with van der Waals surface area (Å²) < 4.78 is 46.3. The summed E-state index contributed by atoms with van der Waals surface area (Å²) in [5.41, 5.74) is 1.96. The minimum atomic E-state index is -4.37. The number of alkyl halides is 3. The van der Waals surface area contributed by atoms with Crippen LogP contribution in [0.25, 0.3) is 22.2 Å². The van der Waals surface area contributed by atoms with Gasteiger partial charge in [-0.05, 0) is 36.6 Å². The Balaban J connectivity index is 0.00000196. The molecule has 4 rings (SSSR count). The Morgan fingerprint density at radius 3 is 2.73 bits per heavy atom. The zero-order chi connectivity index (χ0) is 17.4. The van der Waals surface area contributed by atoms with Crippen LogP contribution in [0.4, 0.5) is 13.2 Å². The van der Waals surface area contributed by atoms with Crippen molar-refractivity contribution in [3.63, 3.8) is 0 Å². The second-order valence-electron chi connectivity index (χ2n) is 6.17. The zero-order valence-corrected chi connectivity index (χ0v) is 14.6. The highest BCUT2D eigenvalue weighted by atomic mass is 35.5. The van der Waals surface area contributed by atoms with E-state index in [0.717, 1.165) is 37.1 Å². The van der Waals surface area contributed by atoms with Gasteiger partial charge >= 0.3 is 6.18 Å². The van der Waals surface area contributed by atoms with Crippen LogP contribution in [0.5, 0.6) is 0 Å². The molecule has 0 bridgehead atoms. The third-order valence-electron chi connectivity index (χ3n) is 4.42. The van der Waals surface area contributed by atoms with E-state index < -0.39 is 11.7 Å². The lowest BCUT2D eigenvalue weighted by atomic mass is 10.0. The van der Waals surface area contributed by atoms with Gasteiger partial charge in [0.15, 0.2) is 0 Å². The SMILES string of the molecule is Cl.FC(F)(F)c1cccc(-c2cnc3cnn(CC4CCCO4)c3c2)c1. The molecule has 1 fully saturated rings. The highest BCUT2D eigenvalue weighted by molar-refractivity contribution is 5.85. The first-order chi connectivity index (χ1) is 12.0. The Labute approximate surface area is 154 Å². The lowest BCUT2D eigenvalue weighted by molar-refractivity contribution is -0.137. The van der Waals surface area contributed by atoms with Gasteiger partial charge in [0.05, 0.1) is 29.9 Å². The fourth-order valence-corrected chi connectivity index (χ4v) is 3.12. The molecule has 1 aromatic carbocycles. The molecule has 0 N–H and O–H groups in total. The van der Waals surface area contributed by atoms with Crippen molar-refractivity contribution in [1.29, 1.82) is 0 Å². The topological polar surface area (TPSA) is 39.9 Å². The first-order valence-corrected chi connectivity index (χ1v) is 8.11. The number of hydrogen-bond acceptors (Lipinski definition) is 3. The number of halogens is 4. The summed E-state index contributed by atoms with van der Waals surface area (Å²) >= 11 is 0. The molecule has 8 heteroatoms. The van der Waals surface area contributed by atoms with E-state index in [1.807, 2.05) is 10.7 Å². The highest BCUT2D eigenvalue weighted by Crippen LogP contribution is 2.32. The van der Waals surface area contributed by atoms with Crippen LogP contribution in [0.3, 0.4) is 0 Å². The van der Waals surface area contributed by atoms with Gasteiger partial charge < -0.3 is 4.74 Å². The van der Waals surface area contributed by atoms with Crippen molar-refractivity contribution in [2.45, 2.75) is 31.7 Å². The highest BCUT2D eigenvalue weighted by Gasteiger charge is 2.30. The van der Waals surface area contributed by atoms with Crippen LogP contribution >= 0.6 is 12.4 Å². The van der Waals surface area contributed by atoms with Gasteiger partial charge in [0.2, 0.25) is 0 Å². The maximum absolute atomic E-state index is 12.9. The summed E-state index contributed by atoms with van der Waals surface area (Å²) in [6.45, 7) is 1.38. The van der Waals surface area contributed by atoms with E-state index in [1.54, 1.807) is 18.5 Å². The zero-order valence-electron chi connectivity index (χ0n) is 13.7. The van der Waals surface area contributed by atoms with E-state index >= 15 is 0 Å². The minimum Gasteiger partial charge on any atom is -0.376 e. The fourth-order valence-electron chi connectivity index (χ4n) is 3.12. The van der Waals surface area contributed by atoms with Gasteiger partial charge in [-0.15, -0.1) is 12.4 Å². The number of hydrogen-bond donors (Lipinski definition) is 0. The van der Waals surface area contributed by atoms with Gasteiger partial charge in [-0.1, -0.05) is 12.1 Å². The lowest BCUT2D eigenvalue weighted by Crippen LogP contribution is -2.15. The molecule has 3 heterocycles. The molecule has 1 aliphatic rings. The standard InChI is InChI=1S/C18H16F3N3O.ClH/c19-18(20,21)14-4-1-3-12(7-14)13-8-17-16(22-9-13)10-23-24(17)11-15-5-2-6-25-15;/h1,3-4,7-10,15H,2,5-6,11H2;1H. The van der Waals surface area contributed by atoms with Crippen LogP contribution < -0.4 is 0 Å². The summed E-state index contributed by atoms with van der Waals surface area (Å²) in [4.78, 5) is 4.34. The van der Waals surface area contributed by atoms with Crippen molar-refractivity contribution in [3.05, 3.63) is 48.3 Å². The molecular weight excluding hydrogens is 367 g/mol. The van der Waals surface area contributed by atoms with Crippen molar-refractivity contribution < 1.29 is 17.9 Å². The summed E-state index contributed by atoms with van der Waals surface area (Å²) in [6.07, 6.45) is 1.03. The molecule has 0 spiro atoms. The van der Waals surface area contributed by atoms with E-state index in [2.05, 4.69) is 10.1 Å². The fraction of sp³-hybridized carbons (Fsp3) is 0.333. The number of fused-ring (bicyclic) bond motifs is 1. The van der Waals surface area contributed by atoms with Crippen molar-refractivity contribution in [3.8, 4) is 11.1 Å². The monoisotopic (exact) mass is 383 g/mol. The number of benzene rings is 1. The maximum atomic E-state index is 12.9. The molecule has 2 aromatic heterocycles. The van der Waals surface area contributed by atoms with Crippen LogP contribution in [-0.4, -0.2) is 27.5 Å². The van der Waals surface area contributed by atoms with Crippen LogP contribution in [-0.2, 0) is 17.5 Å². The second-order valence-corrected chi connectivity index (χ2v) is 6.17. The minimum absolute atomic E-state index is 0. The van der Waals surface area contributed by atoms with Crippen LogP contribution in [0, 0.1) is 0 Å². The molecule has 3 aromatic rings. The van der Waals surface area contributed by atoms with E-state index in [9.17, 15) is 13.2 Å². The van der Waals surface area contributed by atoms with Crippen molar-refractivity contribution in [2.24, 2.45) is 0 Å². The predicted octanol–water partition coefficient (Wildman–Crippen LogP) is 4.72. The van der Waals surface area contributed by atoms with Gasteiger partial charge in [-0.2, -0.15) is 18.3 Å². The molecule has 1 saturated heterocycles. The van der Waals surface area contributed by atoms with Crippen molar-refractivity contribution in [1.82, 2.24) is 14.8 Å². The average molecular weight is 384 g/mol. The van der Waals surface area contributed by atoms with Crippen molar-refractivity contribution in [2.75, 3.05) is 6.61 Å². The Hall–Kier alpha value is -2.12. The van der Waals surface area contributed by atoms with Gasteiger partial charge in [0.1, 0.15) is 5.52 Å². The third-order valence-corrected chi connectivity index (χ3v) is 4.42. The summed E-state index contributed by atoms with van der Waals surface area (Å²) in [7, 11) is 0. The number of aromatic nitrogens is 3. The molecule has 0 aliphatic carbocycles. The molecule has 1 atom stereocenters. The Bertz CT molecular complexity index is 904.